The van der Waals surface area contributed by atoms with Gasteiger partial charge < -0.3 is 9.15 Å². The minimum absolute atomic E-state index is 0.580. The molecular formula is C14H9Br2NO2. The number of rotatable bonds is 2. The van der Waals surface area contributed by atoms with Crippen molar-refractivity contribution in [1.29, 1.82) is 0 Å². The van der Waals surface area contributed by atoms with Crippen LogP contribution >= 0.6 is 31.9 Å². The number of methoxy groups -OCH3 is 1. The lowest BCUT2D eigenvalue weighted by Crippen LogP contribution is -1.82. The standard InChI is InChI=1S/C14H9Br2NO2/c1-18-8-6-11(16)13-12(7-8)17-14(19-13)9-4-2-3-5-10(9)15/h2-7H,1H3. The van der Waals surface area contributed by atoms with Gasteiger partial charge in [-0.15, -0.1) is 0 Å². The van der Waals surface area contributed by atoms with Crippen molar-refractivity contribution in [2.24, 2.45) is 0 Å². The first-order valence-corrected chi connectivity index (χ1v) is 7.16. The summed E-state index contributed by atoms with van der Waals surface area (Å²) in [5, 5.41) is 0. The van der Waals surface area contributed by atoms with Gasteiger partial charge in [-0.25, -0.2) is 4.98 Å². The average Bonchev–Trinajstić information content (AvgIpc) is 2.83. The van der Waals surface area contributed by atoms with Gasteiger partial charge in [0.05, 0.1) is 17.1 Å². The molecule has 3 rings (SSSR count). The second-order valence-corrected chi connectivity index (χ2v) is 5.67. The Labute approximate surface area is 126 Å². The second kappa shape index (κ2) is 4.98. The first kappa shape index (κ1) is 12.7. The molecule has 5 heteroatoms. The maximum absolute atomic E-state index is 5.82. The van der Waals surface area contributed by atoms with Crippen molar-refractivity contribution in [1.82, 2.24) is 4.98 Å². The van der Waals surface area contributed by atoms with Crippen molar-refractivity contribution in [3.63, 3.8) is 0 Å². The van der Waals surface area contributed by atoms with Gasteiger partial charge in [-0.3, -0.25) is 0 Å². The first-order valence-electron chi connectivity index (χ1n) is 5.58. The molecule has 0 bridgehead atoms. The van der Waals surface area contributed by atoms with Crippen LogP contribution in [0.4, 0.5) is 0 Å². The fourth-order valence-electron chi connectivity index (χ4n) is 1.84. The highest BCUT2D eigenvalue weighted by Crippen LogP contribution is 2.35. The zero-order valence-corrected chi connectivity index (χ0v) is 13.2. The number of hydrogen-bond acceptors (Lipinski definition) is 3. The lowest BCUT2D eigenvalue weighted by Gasteiger charge is -1.99. The van der Waals surface area contributed by atoms with Crippen LogP contribution in [0.15, 0.2) is 49.8 Å². The number of benzene rings is 2. The number of hydrogen-bond donors (Lipinski definition) is 0. The third-order valence-electron chi connectivity index (χ3n) is 2.76. The largest absolute Gasteiger partial charge is 0.497 e. The van der Waals surface area contributed by atoms with Crippen LogP contribution in [0.25, 0.3) is 22.6 Å². The molecule has 0 N–H and O–H groups in total. The van der Waals surface area contributed by atoms with Crippen molar-refractivity contribution in [3.8, 4) is 17.2 Å². The summed E-state index contributed by atoms with van der Waals surface area (Å²) >= 11 is 6.97. The third-order valence-corrected chi connectivity index (χ3v) is 4.04. The van der Waals surface area contributed by atoms with Gasteiger partial charge in [-0.2, -0.15) is 0 Å². The highest BCUT2D eigenvalue weighted by atomic mass is 79.9. The van der Waals surface area contributed by atoms with Gasteiger partial charge in [0.25, 0.3) is 0 Å². The maximum atomic E-state index is 5.82. The maximum Gasteiger partial charge on any atom is 0.228 e. The Kier molecular flexibility index (Phi) is 3.33. The molecule has 0 aliphatic carbocycles. The Morgan fingerprint density at radius 2 is 1.89 bits per heavy atom. The highest BCUT2D eigenvalue weighted by molar-refractivity contribution is 9.11. The SMILES string of the molecule is COc1cc(Br)c2oc(-c3ccccc3Br)nc2c1. The lowest BCUT2D eigenvalue weighted by molar-refractivity contribution is 0.415. The van der Waals surface area contributed by atoms with Gasteiger partial charge in [0.1, 0.15) is 11.3 Å². The fraction of sp³-hybridized carbons (Fsp3) is 0.0714. The van der Waals surface area contributed by atoms with E-state index in [-0.39, 0.29) is 0 Å². The van der Waals surface area contributed by atoms with Crippen LogP contribution < -0.4 is 4.74 Å². The molecule has 96 valence electrons. The Hall–Kier alpha value is -1.33. The normalized spacial score (nSPS) is 10.9. The Bertz CT molecular complexity index is 752. The molecule has 0 atom stereocenters. The van der Waals surface area contributed by atoms with E-state index in [4.69, 9.17) is 9.15 Å². The van der Waals surface area contributed by atoms with Crippen molar-refractivity contribution in [2.75, 3.05) is 7.11 Å². The van der Waals surface area contributed by atoms with Gasteiger partial charge in [0.15, 0.2) is 5.58 Å². The van der Waals surface area contributed by atoms with E-state index in [1.807, 2.05) is 36.4 Å². The third kappa shape index (κ3) is 2.28. The summed E-state index contributed by atoms with van der Waals surface area (Å²) in [6.45, 7) is 0. The van der Waals surface area contributed by atoms with Gasteiger partial charge in [0, 0.05) is 10.5 Å². The highest BCUT2D eigenvalue weighted by Gasteiger charge is 2.14. The summed E-state index contributed by atoms with van der Waals surface area (Å²) < 4.78 is 12.8. The number of nitrogens with zero attached hydrogens (tertiary/aromatic N) is 1. The number of fused-ring (bicyclic) bond motifs is 1. The summed E-state index contributed by atoms with van der Waals surface area (Å²) in [7, 11) is 1.63. The zero-order valence-electron chi connectivity index (χ0n) is 9.98. The summed E-state index contributed by atoms with van der Waals surface area (Å²) in [5.74, 6) is 1.32. The fourth-order valence-corrected chi connectivity index (χ4v) is 2.80. The van der Waals surface area contributed by atoms with Crippen LogP contribution in [0.5, 0.6) is 5.75 Å². The minimum Gasteiger partial charge on any atom is -0.497 e. The van der Waals surface area contributed by atoms with E-state index in [1.54, 1.807) is 7.11 Å². The summed E-state index contributed by atoms with van der Waals surface area (Å²) in [5.41, 5.74) is 2.40. The minimum atomic E-state index is 0.580. The molecule has 0 unspecified atom stereocenters. The molecule has 1 heterocycles. The number of halogens is 2. The Morgan fingerprint density at radius 3 is 2.63 bits per heavy atom. The molecule has 0 spiro atoms. The predicted molar refractivity (Wildman–Crippen MR) is 81.4 cm³/mol. The van der Waals surface area contributed by atoms with Crippen LogP contribution in [0.2, 0.25) is 0 Å². The van der Waals surface area contributed by atoms with Crippen molar-refractivity contribution in [2.45, 2.75) is 0 Å². The second-order valence-electron chi connectivity index (χ2n) is 3.96. The lowest BCUT2D eigenvalue weighted by atomic mass is 10.2. The molecule has 0 saturated heterocycles. The van der Waals surface area contributed by atoms with Crippen LogP contribution in [0, 0.1) is 0 Å². The monoisotopic (exact) mass is 381 g/mol. The molecule has 0 aliphatic rings. The number of aromatic nitrogens is 1. The van der Waals surface area contributed by atoms with Gasteiger partial charge in [-0.1, -0.05) is 12.1 Å². The Morgan fingerprint density at radius 1 is 1.11 bits per heavy atom. The molecule has 1 aromatic heterocycles. The smallest absolute Gasteiger partial charge is 0.228 e. The van der Waals surface area contributed by atoms with E-state index in [9.17, 15) is 0 Å². The topological polar surface area (TPSA) is 35.3 Å². The quantitative estimate of drug-likeness (QED) is 0.623. The zero-order chi connectivity index (χ0) is 13.4. The van der Waals surface area contributed by atoms with Gasteiger partial charge >= 0.3 is 0 Å². The van der Waals surface area contributed by atoms with E-state index in [0.29, 0.717) is 11.5 Å². The van der Waals surface area contributed by atoms with Crippen LogP contribution in [-0.2, 0) is 0 Å². The molecule has 0 fully saturated rings. The van der Waals surface area contributed by atoms with Crippen LogP contribution in [0.3, 0.4) is 0 Å². The van der Waals surface area contributed by atoms with E-state index in [0.717, 1.165) is 25.8 Å². The van der Waals surface area contributed by atoms with E-state index in [2.05, 4.69) is 36.8 Å². The molecule has 3 aromatic rings. The van der Waals surface area contributed by atoms with Gasteiger partial charge in [-0.05, 0) is 50.1 Å². The van der Waals surface area contributed by atoms with Crippen LogP contribution in [0.1, 0.15) is 0 Å². The molecule has 0 aliphatic heterocycles. The average molecular weight is 383 g/mol. The molecular weight excluding hydrogens is 374 g/mol. The molecule has 3 nitrogen and oxygen atoms in total. The first-order chi connectivity index (χ1) is 9.19. The molecule has 0 saturated carbocycles. The van der Waals surface area contributed by atoms with Crippen LogP contribution in [-0.4, -0.2) is 12.1 Å². The van der Waals surface area contributed by atoms with Crippen molar-refractivity contribution < 1.29 is 9.15 Å². The van der Waals surface area contributed by atoms with Gasteiger partial charge in [0.2, 0.25) is 5.89 Å². The van der Waals surface area contributed by atoms with E-state index < -0.39 is 0 Å². The van der Waals surface area contributed by atoms with E-state index >= 15 is 0 Å². The number of oxazole rings is 1. The summed E-state index contributed by atoms with van der Waals surface area (Å²) in [6.07, 6.45) is 0. The summed E-state index contributed by atoms with van der Waals surface area (Å²) in [4.78, 5) is 4.51. The summed E-state index contributed by atoms with van der Waals surface area (Å²) in [6, 6.07) is 11.5. The Balaban J connectivity index is 2.22. The van der Waals surface area contributed by atoms with Crippen molar-refractivity contribution in [3.05, 3.63) is 45.3 Å². The molecule has 19 heavy (non-hydrogen) atoms. The number of ether oxygens (including phenoxy) is 1. The molecule has 0 radical (unpaired) electrons. The molecule has 2 aromatic carbocycles. The van der Waals surface area contributed by atoms with E-state index in [1.165, 1.54) is 0 Å². The molecule has 0 amide bonds. The predicted octanol–water partition coefficient (Wildman–Crippen LogP) is 5.03. The van der Waals surface area contributed by atoms with Crippen molar-refractivity contribution >= 4 is 43.0 Å².